The molecule has 8 heteroatoms. The summed E-state index contributed by atoms with van der Waals surface area (Å²) in [5.41, 5.74) is -1.02. The molecule has 1 unspecified atom stereocenters. The van der Waals surface area contributed by atoms with Gasteiger partial charge in [-0.05, 0) is 12.1 Å². The molecular weight excluding hydrogens is 290 g/mol. The monoisotopic (exact) mass is 303 g/mol. The van der Waals surface area contributed by atoms with E-state index in [0.29, 0.717) is 5.56 Å². The molecule has 0 aliphatic rings. The SMILES string of the molecule is O=C(NC(Cn1ccc(=O)[nH]c1=O)C(=O)O)c1ccccc1. The number of carboxylic acids is 1. The van der Waals surface area contributed by atoms with Crippen LogP contribution in [0.15, 0.2) is 52.2 Å². The third kappa shape index (κ3) is 3.69. The maximum absolute atomic E-state index is 12.0. The molecule has 0 fully saturated rings. The molecular formula is C14H13N3O5. The number of rotatable bonds is 5. The summed E-state index contributed by atoms with van der Waals surface area (Å²) in [6.07, 6.45) is 1.17. The molecule has 1 atom stereocenters. The van der Waals surface area contributed by atoms with Gasteiger partial charge in [0, 0.05) is 17.8 Å². The molecule has 0 spiro atoms. The van der Waals surface area contributed by atoms with Crippen LogP contribution in [0.25, 0.3) is 0 Å². The van der Waals surface area contributed by atoms with E-state index in [4.69, 9.17) is 0 Å². The molecule has 1 aromatic carbocycles. The van der Waals surface area contributed by atoms with Gasteiger partial charge in [-0.25, -0.2) is 9.59 Å². The zero-order chi connectivity index (χ0) is 16.1. The van der Waals surface area contributed by atoms with Crippen LogP contribution in [0.3, 0.4) is 0 Å². The predicted octanol–water partition coefficient (Wildman–Crippen LogP) is -0.580. The first kappa shape index (κ1) is 15.2. The Morgan fingerprint density at radius 3 is 2.45 bits per heavy atom. The van der Waals surface area contributed by atoms with Gasteiger partial charge in [0.2, 0.25) is 0 Å². The van der Waals surface area contributed by atoms with E-state index < -0.39 is 29.2 Å². The van der Waals surface area contributed by atoms with Crippen LogP contribution >= 0.6 is 0 Å². The summed E-state index contributed by atoms with van der Waals surface area (Å²) < 4.78 is 1.01. The normalized spacial score (nSPS) is 11.6. The summed E-state index contributed by atoms with van der Waals surface area (Å²) in [6, 6.07) is 7.90. The van der Waals surface area contributed by atoms with E-state index >= 15 is 0 Å². The Hall–Kier alpha value is -3.16. The average molecular weight is 303 g/mol. The van der Waals surface area contributed by atoms with Crippen molar-refractivity contribution in [3.63, 3.8) is 0 Å². The number of hydrogen-bond acceptors (Lipinski definition) is 4. The Kier molecular flexibility index (Phi) is 4.52. The third-order valence-electron chi connectivity index (χ3n) is 2.92. The Bertz CT molecular complexity index is 794. The fourth-order valence-corrected chi connectivity index (χ4v) is 1.80. The second-order valence-electron chi connectivity index (χ2n) is 4.49. The topological polar surface area (TPSA) is 121 Å². The largest absolute Gasteiger partial charge is 0.480 e. The maximum atomic E-state index is 12.0. The number of amides is 1. The number of carbonyl (C=O) groups is 2. The molecule has 0 aliphatic heterocycles. The van der Waals surface area contributed by atoms with Gasteiger partial charge in [0.15, 0.2) is 0 Å². The molecule has 1 amide bonds. The highest BCUT2D eigenvalue weighted by atomic mass is 16.4. The summed E-state index contributed by atoms with van der Waals surface area (Å²) in [4.78, 5) is 47.8. The molecule has 114 valence electrons. The van der Waals surface area contributed by atoms with Crippen molar-refractivity contribution in [2.75, 3.05) is 0 Å². The highest BCUT2D eigenvalue weighted by molar-refractivity contribution is 5.96. The second-order valence-corrected chi connectivity index (χ2v) is 4.49. The lowest BCUT2D eigenvalue weighted by atomic mass is 10.2. The van der Waals surface area contributed by atoms with Gasteiger partial charge < -0.3 is 10.4 Å². The standard InChI is InChI=1S/C14H13N3O5/c18-11-6-7-17(14(22)16-11)8-10(13(20)21)15-12(19)9-4-2-1-3-5-9/h1-7,10H,8H2,(H,15,19)(H,20,21)(H,16,18,22). The van der Waals surface area contributed by atoms with Crippen LogP contribution in [0.1, 0.15) is 10.4 Å². The van der Waals surface area contributed by atoms with Crippen LogP contribution < -0.4 is 16.6 Å². The lowest BCUT2D eigenvalue weighted by molar-refractivity contribution is -0.139. The number of nitrogens with zero attached hydrogens (tertiary/aromatic N) is 1. The quantitative estimate of drug-likeness (QED) is 0.682. The molecule has 0 saturated heterocycles. The summed E-state index contributed by atoms with van der Waals surface area (Å²) in [6.45, 7) is -0.302. The number of nitrogens with one attached hydrogen (secondary N) is 2. The van der Waals surface area contributed by atoms with Crippen molar-refractivity contribution >= 4 is 11.9 Å². The number of hydrogen-bond donors (Lipinski definition) is 3. The summed E-state index contributed by atoms with van der Waals surface area (Å²) in [5.74, 6) is -1.85. The van der Waals surface area contributed by atoms with E-state index in [1.54, 1.807) is 30.3 Å². The Morgan fingerprint density at radius 2 is 1.86 bits per heavy atom. The van der Waals surface area contributed by atoms with E-state index in [-0.39, 0.29) is 6.54 Å². The number of H-pyrrole nitrogens is 1. The van der Waals surface area contributed by atoms with Crippen molar-refractivity contribution in [2.24, 2.45) is 0 Å². The van der Waals surface area contributed by atoms with E-state index in [1.807, 2.05) is 4.98 Å². The third-order valence-corrected chi connectivity index (χ3v) is 2.92. The molecule has 1 aromatic heterocycles. The first-order valence-corrected chi connectivity index (χ1v) is 6.36. The zero-order valence-corrected chi connectivity index (χ0v) is 11.4. The number of carboxylic acid groups (broad SMARTS) is 1. The van der Waals surface area contributed by atoms with E-state index in [9.17, 15) is 24.3 Å². The van der Waals surface area contributed by atoms with Gasteiger partial charge in [0.25, 0.3) is 11.5 Å². The van der Waals surface area contributed by atoms with Crippen molar-refractivity contribution in [3.05, 3.63) is 69.0 Å². The molecule has 0 saturated carbocycles. The molecule has 0 bridgehead atoms. The molecule has 22 heavy (non-hydrogen) atoms. The first-order chi connectivity index (χ1) is 10.5. The minimum atomic E-state index is -1.31. The highest BCUT2D eigenvalue weighted by Crippen LogP contribution is 2.00. The van der Waals surface area contributed by atoms with Crippen LogP contribution in [-0.4, -0.2) is 32.6 Å². The second kappa shape index (κ2) is 6.53. The fraction of sp³-hybridized carbons (Fsp3) is 0.143. The number of benzene rings is 1. The lowest BCUT2D eigenvalue weighted by Gasteiger charge is -2.15. The Morgan fingerprint density at radius 1 is 1.18 bits per heavy atom. The summed E-state index contributed by atoms with van der Waals surface area (Å²) >= 11 is 0. The van der Waals surface area contributed by atoms with Gasteiger partial charge in [0.1, 0.15) is 6.04 Å². The molecule has 1 heterocycles. The minimum absolute atomic E-state index is 0.302. The summed E-state index contributed by atoms with van der Waals surface area (Å²) in [5, 5.41) is 11.5. The molecule has 0 aliphatic carbocycles. The fourth-order valence-electron chi connectivity index (χ4n) is 1.80. The molecule has 0 radical (unpaired) electrons. The van der Waals surface area contributed by atoms with Crippen LogP contribution in [0.2, 0.25) is 0 Å². The van der Waals surface area contributed by atoms with E-state index in [0.717, 1.165) is 10.6 Å². The average Bonchev–Trinajstić information content (AvgIpc) is 2.49. The number of aromatic nitrogens is 2. The molecule has 3 N–H and O–H groups in total. The maximum Gasteiger partial charge on any atom is 0.328 e. The van der Waals surface area contributed by atoms with Crippen molar-refractivity contribution < 1.29 is 14.7 Å². The van der Waals surface area contributed by atoms with Gasteiger partial charge in [-0.1, -0.05) is 18.2 Å². The zero-order valence-electron chi connectivity index (χ0n) is 11.4. The highest BCUT2D eigenvalue weighted by Gasteiger charge is 2.21. The number of aliphatic carboxylic acids is 1. The van der Waals surface area contributed by atoms with Crippen molar-refractivity contribution in [1.29, 1.82) is 0 Å². The van der Waals surface area contributed by atoms with Gasteiger partial charge >= 0.3 is 11.7 Å². The van der Waals surface area contributed by atoms with Crippen molar-refractivity contribution in [3.8, 4) is 0 Å². The Labute approximate surface area is 124 Å². The summed E-state index contributed by atoms with van der Waals surface area (Å²) in [7, 11) is 0. The van der Waals surface area contributed by atoms with Gasteiger partial charge in [-0.3, -0.25) is 19.1 Å². The first-order valence-electron chi connectivity index (χ1n) is 6.36. The molecule has 2 rings (SSSR count). The lowest BCUT2D eigenvalue weighted by Crippen LogP contribution is -2.46. The molecule has 2 aromatic rings. The van der Waals surface area contributed by atoms with Crippen LogP contribution in [0.4, 0.5) is 0 Å². The van der Waals surface area contributed by atoms with Crippen molar-refractivity contribution in [1.82, 2.24) is 14.9 Å². The van der Waals surface area contributed by atoms with Crippen molar-refractivity contribution in [2.45, 2.75) is 12.6 Å². The van der Waals surface area contributed by atoms with Gasteiger partial charge in [-0.15, -0.1) is 0 Å². The predicted molar refractivity (Wildman–Crippen MR) is 76.7 cm³/mol. The van der Waals surface area contributed by atoms with Gasteiger partial charge in [0.05, 0.1) is 6.54 Å². The smallest absolute Gasteiger partial charge is 0.328 e. The van der Waals surface area contributed by atoms with E-state index in [1.165, 1.54) is 6.20 Å². The van der Waals surface area contributed by atoms with Crippen LogP contribution in [0.5, 0.6) is 0 Å². The van der Waals surface area contributed by atoms with E-state index in [2.05, 4.69) is 5.32 Å². The molecule has 8 nitrogen and oxygen atoms in total. The number of carbonyl (C=O) groups excluding carboxylic acids is 1. The van der Waals surface area contributed by atoms with Crippen LogP contribution in [-0.2, 0) is 11.3 Å². The minimum Gasteiger partial charge on any atom is -0.480 e. The Balaban J connectivity index is 2.17. The number of aromatic amines is 1. The van der Waals surface area contributed by atoms with Crippen LogP contribution in [0, 0.1) is 0 Å². The van der Waals surface area contributed by atoms with Gasteiger partial charge in [-0.2, -0.15) is 0 Å².